The Kier molecular flexibility index (Phi) is 4.27. The molecule has 0 aromatic heterocycles. The maximum atomic E-state index is 12.2. The van der Waals surface area contributed by atoms with Crippen molar-refractivity contribution in [1.29, 1.82) is 0 Å². The van der Waals surface area contributed by atoms with E-state index >= 15 is 0 Å². The second-order valence-corrected chi connectivity index (χ2v) is 4.93. The summed E-state index contributed by atoms with van der Waals surface area (Å²) >= 11 is 5.88. The first-order valence-corrected chi connectivity index (χ1v) is 6.49. The fraction of sp³-hybridized carbons (Fsp3) is 0.133. The number of amides is 1. The van der Waals surface area contributed by atoms with Gasteiger partial charge in [-0.05, 0) is 31.2 Å². The maximum absolute atomic E-state index is 12.2. The van der Waals surface area contributed by atoms with Gasteiger partial charge in [0.25, 0.3) is 5.91 Å². The fourth-order valence-corrected chi connectivity index (χ4v) is 2.16. The first-order valence-electron chi connectivity index (χ1n) is 6.12. The Morgan fingerprint density at radius 1 is 1.30 bits per heavy atom. The lowest BCUT2D eigenvalue weighted by molar-refractivity contribution is 0.102. The molecule has 0 aliphatic rings. The van der Waals surface area contributed by atoms with Gasteiger partial charge in [-0.1, -0.05) is 29.8 Å². The second kappa shape index (κ2) is 5.94. The summed E-state index contributed by atoms with van der Waals surface area (Å²) in [5.41, 5.74) is 7.67. The number of nitrogens with two attached hydrogens (primary N) is 1. The maximum Gasteiger partial charge on any atom is 0.255 e. The molecule has 1 atom stereocenters. The van der Waals surface area contributed by atoms with Crippen molar-refractivity contribution in [1.82, 2.24) is 0 Å². The van der Waals surface area contributed by atoms with Crippen molar-refractivity contribution in [3.8, 4) is 0 Å². The second-order valence-electron chi connectivity index (χ2n) is 4.49. The summed E-state index contributed by atoms with van der Waals surface area (Å²) in [5, 5.41) is 12.8. The molecule has 0 spiro atoms. The van der Waals surface area contributed by atoms with Crippen molar-refractivity contribution in [3.63, 3.8) is 0 Å². The molecule has 1 amide bonds. The van der Waals surface area contributed by atoms with Crippen LogP contribution in [0.3, 0.4) is 0 Å². The van der Waals surface area contributed by atoms with E-state index in [1.165, 1.54) is 6.07 Å². The van der Waals surface area contributed by atoms with Crippen molar-refractivity contribution in [2.24, 2.45) is 0 Å². The molecule has 0 aliphatic heterocycles. The molecular weight excluding hydrogens is 276 g/mol. The number of aliphatic hydroxyl groups excluding tert-OH is 1. The van der Waals surface area contributed by atoms with Gasteiger partial charge in [-0.2, -0.15) is 0 Å². The van der Waals surface area contributed by atoms with E-state index in [4.69, 9.17) is 17.3 Å². The summed E-state index contributed by atoms with van der Waals surface area (Å²) in [4.78, 5) is 12.2. The van der Waals surface area contributed by atoms with Crippen molar-refractivity contribution in [2.75, 3.05) is 11.1 Å². The third-order valence-corrected chi connectivity index (χ3v) is 3.06. The average molecular weight is 291 g/mol. The van der Waals surface area contributed by atoms with Gasteiger partial charge in [0.2, 0.25) is 0 Å². The Hall–Kier alpha value is -2.04. The molecule has 5 heteroatoms. The molecule has 4 N–H and O–H groups in total. The lowest BCUT2D eigenvalue weighted by Crippen LogP contribution is -2.14. The minimum atomic E-state index is -0.670. The van der Waals surface area contributed by atoms with Crippen molar-refractivity contribution in [3.05, 3.63) is 58.6 Å². The van der Waals surface area contributed by atoms with Gasteiger partial charge in [0, 0.05) is 27.5 Å². The van der Waals surface area contributed by atoms with Crippen LogP contribution in [0, 0.1) is 0 Å². The van der Waals surface area contributed by atoms with E-state index in [0.717, 1.165) is 0 Å². The highest BCUT2D eigenvalue weighted by molar-refractivity contribution is 6.31. The molecule has 2 aromatic rings. The smallest absolute Gasteiger partial charge is 0.255 e. The van der Waals surface area contributed by atoms with Crippen LogP contribution in [0.4, 0.5) is 11.4 Å². The summed E-state index contributed by atoms with van der Waals surface area (Å²) in [7, 11) is 0. The highest BCUT2D eigenvalue weighted by Gasteiger charge is 2.12. The van der Waals surface area contributed by atoms with Crippen LogP contribution in [0.5, 0.6) is 0 Å². The Labute approximate surface area is 122 Å². The van der Waals surface area contributed by atoms with Crippen molar-refractivity contribution in [2.45, 2.75) is 13.0 Å². The number of benzene rings is 2. The Morgan fingerprint density at radius 3 is 2.65 bits per heavy atom. The monoisotopic (exact) mass is 290 g/mol. The van der Waals surface area contributed by atoms with Crippen LogP contribution < -0.4 is 11.1 Å². The number of carbonyl (C=O) groups excluding carboxylic acids is 1. The number of aliphatic hydroxyl groups is 1. The summed E-state index contributed by atoms with van der Waals surface area (Å²) in [5.74, 6) is -0.327. The van der Waals surface area contributed by atoms with Crippen molar-refractivity contribution >= 4 is 28.9 Å². The van der Waals surface area contributed by atoms with E-state index in [1.54, 1.807) is 43.3 Å². The largest absolute Gasteiger partial charge is 0.399 e. The van der Waals surface area contributed by atoms with Gasteiger partial charge in [0.05, 0.1) is 6.10 Å². The number of carbonyl (C=O) groups is 1. The quantitative estimate of drug-likeness (QED) is 0.760. The van der Waals surface area contributed by atoms with E-state index < -0.39 is 6.10 Å². The van der Waals surface area contributed by atoms with Crippen LogP contribution in [-0.2, 0) is 0 Å². The zero-order valence-corrected chi connectivity index (χ0v) is 11.7. The first-order chi connectivity index (χ1) is 9.47. The normalized spacial score (nSPS) is 11.9. The molecule has 0 saturated carbocycles. The lowest BCUT2D eigenvalue weighted by Gasteiger charge is -2.13. The van der Waals surface area contributed by atoms with Gasteiger partial charge in [0.1, 0.15) is 0 Å². The van der Waals surface area contributed by atoms with Crippen LogP contribution in [0.25, 0.3) is 0 Å². The SMILES string of the molecule is CC(O)c1ccccc1NC(=O)c1cc(N)cc(Cl)c1. The number of nitrogen functional groups attached to an aromatic ring is 1. The number of halogens is 1. The molecule has 2 aromatic carbocycles. The van der Waals surface area contributed by atoms with Gasteiger partial charge < -0.3 is 16.2 Å². The molecule has 0 aliphatic carbocycles. The third kappa shape index (κ3) is 3.29. The standard InChI is InChI=1S/C15H15ClN2O2/c1-9(19)13-4-2-3-5-14(13)18-15(20)10-6-11(16)8-12(17)7-10/h2-9,19H,17H2,1H3,(H,18,20). The van der Waals surface area contributed by atoms with E-state index in [9.17, 15) is 9.90 Å². The third-order valence-electron chi connectivity index (χ3n) is 2.84. The van der Waals surface area contributed by atoms with E-state index in [1.807, 2.05) is 0 Å². The van der Waals surface area contributed by atoms with Crippen LogP contribution in [-0.4, -0.2) is 11.0 Å². The highest BCUT2D eigenvalue weighted by Crippen LogP contribution is 2.23. The molecule has 0 bridgehead atoms. The lowest BCUT2D eigenvalue weighted by atomic mass is 10.1. The molecule has 0 fully saturated rings. The van der Waals surface area contributed by atoms with Crippen LogP contribution in [0.15, 0.2) is 42.5 Å². The predicted molar refractivity (Wildman–Crippen MR) is 80.9 cm³/mol. The van der Waals surface area contributed by atoms with Crippen molar-refractivity contribution < 1.29 is 9.90 Å². The molecule has 2 rings (SSSR count). The minimum absolute atomic E-state index is 0.327. The Balaban J connectivity index is 2.28. The number of rotatable bonds is 3. The fourth-order valence-electron chi connectivity index (χ4n) is 1.91. The zero-order valence-electron chi connectivity index (χ0n) is 10.9. The molecule has 1 unspecified atom stereocenters. The van der Waals surface area contributed by atoms with Crippen LogP contribution >= 0.6 is 11.6 Å². The topological polar surface area (TPSA) is 75.3 Å². The summed E-state index contributed by atoms with van der Waals surface area (Å²) in [6.45, 7) is 1.64. The van der Waals surface area contributed by atoms with Crippen LogP contribution in [0.1, 0.15) is 28.9 Å². The molecule has 0 saturated heterocycles. The Bertz CT molecular complexity index is 621. The van der Waals surface area contributed by atoms with Gasteiger partial charge >= 0.3 is 0 Å². The summed E-state index contributed by atoms with van der Waals surface area (Å²) in [6, 6.07) is 11.7. The first kappa shape index (κ1) is 14.4. The molecule has 0 radical (unpaired) electrons. The summed E-state index contributed by atoms with van der Waals surface area (Å²) in [6.07, 6.45) is -0.670. The molecular formula is C15H15ClN2O2. The number of nitrogens with one attached hydrogen (secondary N) is 1. The van der Waals surface area contributed by atoms with E-state index in [-0.39, 0.29) is 5.91 Å². The molecule has 104 valence electrons. The minimum Gasteiger partial charge on any atom is -0.399 e. The van der Waals surface area contributed by atoms with Gasteiger partial charge in [-0.15, -0.1) is 0 Å². The number of para-hydroxylation sites is 1. The molecule has 4 nitrogen and oxygen atoms in total. The van der Waals surface area contributed by atoms with Gasteiger partial charge in [0.15, 0.2) is 0 Å². The number of hydrogen-bond acceptors (Lipinski definition) is 3. The average Bonchev–Trinajstić information content (AvgIpc) is 2.37. The zero-order chi connectivity index (χ0) is 14.7. The number of hydrogen-bond donors (Lipinski definition) is 3. The van der Waals surface area contributed by atoms with E-state index in [2.05, 4.69) is 5.32 Å². The van der Waals surface area contributed by atoms with Gasteiger partial charge in [-0.25, -0.2) is 0 Å². The summed E-state index contributed by atoms with van der Waals surface area (Å²) < 4.78 is 0. The van der Waals surface area contributed by atoms with E-state index in [0.29, 0.717) is 27.5 Å². The molecule has 0 heterocycles. The Morgan fingerprint density at radius 2 is 2.00 bits per heavy atom. The van der Waals surface area contributed by atoms with Gasteiger partial charge in [-0.3, -0.25) is 4.79 Å². The van der Waals surface area contributed by atoms with Crippen LogP contribution in [0.2, 0.25) is 5.02 Å². The number of anilines is 2. The predicted octanol–water partition coefficient (Wildman–Crippen LogP) is 3.23. The highest BCUT2D eigenvalue weighted by atomic mass is 35.5. The molecule has 20 heavy (non-hydrogen) atoms.